The van der Waals surface area contributed by atoms with Gasteiger partial charge in [-0.25, -0.2) is 8.42 Å². The first-order chi connectivity index (χ1) is 11.9. The molecule has 0 aliphatic carbocycles. The van der Waals surface area contributed by atoms with Crippen molar-refractivity contribution in [3.63, 3.8) is 0 Å². The number of nitrogens with zero attached hydrogens (tertiary/aromatic N) is 1. The molecule has 1 fully saturated rings. The quantitative estimate of drug-likeness (QED) is 0.697. The number of hydrazine groups is 1. The average molecular weight is 394 g/mol. The SMILES string of the molecule is CC1NNC(C)C1S(=O)(=O)N(C)CC(=O)Nc1ccccc1C(F)(F)F. The first-order valence-electron chi connectivity index (χ1n) is 7.87. The summed E-state index contributed by atoms with van der Waals surface area (Å²) in [6, 6.07) is 3.75. The number of alkyl halides is 3. The van der Waals surface area contributed by atoms with Gasteiger partial charge < -0.3 is 5.32 Å². The van der Waals surface area contributed by atoms with Gasteiger partial charge in [0.2, 0.25) is 15.9 Å². The highest BCUT2D eigenvalue weighted by molar-refractivity contribution is 7.89. The molecule has 0 saturated carbocycles. The number of carbonyl (C=O) groups is 1. The zero-order valence-electron chi connectivity index (χ0n) is 14.5. The van der Waals surface area contributed by atoms with E-state index in [4.69, 9.17) is 0 Å². The van der Waals surface area contributed by atoms with E-state index in [0.29, 0.717) is 0 Å². The Morgan fingerprint density at radius 3 is 2.27 bits per heavy atom. The predicted molar refractivity (Wildman–Crippen MR) is 90.6 cm³/mol. The van der Waals surface area contributed by atoms with E-state index in [1.54, 1.807) is 13.8 Å². The lowest BCUT2D eigenvalue weighted by Crippen LogP contribution is -2.47. The van der Waals surface area contributed by atoms with E-state index in [1.807, 2.05) is 0 Å². The summed E-state index contributed by atoms with van der Waals surface area (Å²) in [5.74, 6) is -0.855. The summed E-state index contributed by atoms with van der Waals surface area (Å²) in [6.45, 7) is 2.78. The van der Waals surface area contributed by atoms with Gasteiger partial charge in [0.1, 0.15) is 5.25 Å². The third-order valence-electron chi connectivity index (χ3n) is 4.18. The van der Waals surface area contributed by atoms with Gasteiger partial charge in [0.25, 0.3) is 0 Å². The van der Waals surface area contributed by atoms with Crippen molar-refractivity contribution in [1.82, 2.24) is 15.2 Å². The van der Waals surface area contributed by atoms with Crippen LogP contribution in [-0.2, 0) is 21.0 Å². The second kappa shape index (κ2) is 7.51. The minimum Gasteiger partial charge on any atom is -0.324 e. The minimum atomic E-state index is -4.63. The smallest absolute Gasteiger partial charge is 0.324 e. The van der Waals surface area contributed by atoms with Crippen molar-refractivity contribution in [2.24, 2.45) is 0 Å². The zero-order valence-corrected chi connectivity index (χ0v) is 15.3. The van der Waals surface area contributed by atoms with Crippen LogP contribution in [0.2, 0.25) is 0 Å². The zero-order chi connectivity index (χ0) is 19.7. The first-order valence-corrected chi connectivity index (χ1v) is 9.37. The van der Waals surface area contributed by atoms with E-state index in [1.165, 1.54) is 19.2 Å². The summed E-state index contributed by atoms with van der Waals surface area (Å²) in [4.78, 5) is 12.1. The van der Waals surface area contributed by atoms with Gasteiger partial charge in [-0.3, -0.25) is 15.6 Å². The Balaban J connectivity index is 2.11. The molecule has 1 aliphatic heterocycles. The molecule has 7 nitrogen and oxygen atoms in total. The van der Waals surface area contributed by atoms with E-state index in [9.17, 15) is 26.4 Å². The van der Waals surface area contributed by atoms with Crippen molar-refractivity contribution in [1.29, 1.82) is 0 Å². The van der Waals surface area contributed by atoms with Crippen LogP contribution in [0.5, 0.6) is 0 Å². The summed E-state index contributed by atoms with van der Waals surface area (Å²) < 4.78 is 65.1. The molecule has 0 aromatic heterocycles. The maximum absolute atomic E-state index is 13.0. The van der Waals surface area contributed by atoms with Crippen LogP contribution in [0.25, 0.3) is 0 Å². The van der Waals surface area contributed by atoms with Crippen LogP contribution >= 0.6 is 0 Å². The molecule has 0 bridgehead atoms. The van der Waals surface area contributed by atoms with Crippen LogP contribution in [0.4, 0.5) is 18.9 Å². The number of sulfonamides is 1. The Bertz CT molecular complexity index is 760. The lowest BCUT2D eigenvalue weighted by atomic mass is 10.1. The molecule has 2 unspecified atom stereocenters. The van der Waals surface area contributed by atoms with Gasteiger partial charge in [0, 0.05) is 19.1 Å². The van der Waals surface area contributed by atoms with Gasteiger partial charge in [-0.1, -0.05) is 12.1 Å². The summed E-state index contributed by atoms with van der Waals surface area (Å²) in [6.07, 6.45) is -4.63. The second-order valence-corrected chi connectivity index (χ2v) is 8.42. The molecular formula is C15H21F3N4O3S. The third kappa shape index (κ3) is 4.34. The van der Waals surface area contributed by atoms with Crippen LogP contribution in [0.15, 0.2) is 24.3 Å². The number of hydrogen-bond donors (Lipinski definition) is 3. The molecule has 2 rings (SSSR count). The van der Waals surface area contributed by atoms with Crippen LogP contribution in [0, 0.1) is 0 Å². The molecular weight excluding hydrogens is 373 g/mol. The third-order valence-corrected chi connectivity index (χ3v) is 6.68. The molecule has 1 aromatic carbocycles. The van der Waals surface area contributed by atoms with E-state index in [-0.39, 0.29) is 12.1 Å². The number of anilines is 1. The number of amides is 1. The topological polar surface area (TPSA) is 90.5 Å². The van der Waals surface area contributed by atoms with Gasteiger partial charge in [-0.15, -0.1) is 0 Å². The highest BCUT2D eigenvalue weighted by atomic mass is 32.2. The molecule has 0 radical (unpaired) electrons. The molecule has 26 heavy (non-hydrogen) atoms. The van der Waals surface area contributed by atoms with Crippen LogP contribution in [0.1, 0.15) is 19.4 Å². The Labute approximate surface area is 150 Å². The summed E-state index contributed by atoms with van der Waals surface area (Å²) >= 11 is 0. The van der Waals surface area contributed by atoms with E-state index < -0.39 is 45.2 Å². The fraction of sp³-hybridized carbons (Fsp3) is 0.533. The monoisotopic (exact) mass is 394 g/mol. The van der Waals surface area contributed by atoms with Crippen LogP contribution < -0.4 is 16.2 Å². The van der Waals surface area contributed by atoms with Crippen LogP contribution in [-0.4, -0.2) is 49.6 Å². The van der Waals surface area contributed by atoms with Gasteiger partial charge in [0.15, 0.2) is 0 Å². The second-order valence-electron chi connectivity index (χ2n) is 6.22. The minimum absolute atomic E-state index is 0.383. The number of halogens is 3. The highest BCUT2D eigenvalue weighted by Gasteiger charge is 2.42. The van der Waals surface area contributed by atoms with Gasteiger partial charge in [-0.05, 0) is 26.0 Å². The summed E-state index contributed by atoms with van der Waals surface area (Å²) in [5.41, 5.74) is 4.22. The molecule has 1 aliphatic rings. The van der Waals surface area contributed by atoms with Crippen molar-refractivity contribution in [3.8, 4) is 0 Å². The molecule has 1 amide bonds. The molecule has 146 valence electrons. The predicted octanol–water partition coefficient (Wildman–Crippen LogP) is 1.16. The van der Waals surface area contributed by atoms with Gasteiger partial charge in [0.05, 0.1) is 17.8 Å². The number of rotatable bonds is 5. The van der Waals surface area contributed by atoms with E-state index >= 15 is 0 Å². The van der Waals surface area contributed by atoms with Crippen molar-refractivity contribution in [2.45, 2.75) is 37.4 Å². The normalized spacial score (nSPS) is 24.0. The number of para-hydroxylation sites is 1. The fourth-order valence-corrected chi connectivity index (χ4v) is 4.79. The maximum atomic E-state index is 13.0. The molecule has 1 heterocycles. The lowest BCUT2D eigenvalue weighted by Gasteiger charge is -2.25. The maximum Gasteiger partial charge on any atom is 0.418 e. The number of benzene rings is 1. The van der Waals surface area contributed by atoms with Crippen molar-refractivity contribution < 1.29 is 26.4 Å². The van der Waals surface area contributed by atoms with Crippen molar-refractivity contribution in [3.05, 3.63) is 29.8 Å². The van der Waals surface area contributed by atoms with E-state index in [2.05, 4.69) is 16.2 Å². The molecule has 0 spiro atoms. The molecule has 1 saturated heterocycles. The first kappa shape index (κ1) is 20.6. The average Bonchev–Trinajstić information content (AvgIpc) is 2.86. The summed E-state index contributed by atoms with van der Waals surface area (Å²) in [7, 11) is -2.61. The molecule has 11 heteroatoms. The number of carbonyl (C=O) groups excluding carboxylic acids is 1. The lowest BCUT2D eigenvalue weighted by molar-refractivity contribution is -0.137. The Hall–Kier alpha value is -1.69. The largest absolute Gasteiger partial charge is 0.418 e. The fourth-order valence-electron chi connectivity index (χ4n) is 2.91. The Kier molecular flexibility index (Phi) is 5.95. The molecule has 1 aromatic rings. The highest BCUT2D eigenvalue weighted by Crippen LogP contribution is 2.34. The molecule has 3 N–H and O–H groups in total. The van der Waals surface area contributed by atoms with Crippen LogP contribution in [0.3, 0.4) is 0 Å². The standard InChI is InChI=1S/C15H21F3N4O3S/c1-9-14(10(2)21-20-9)26(24,25)22(3)8-13(23)19-12-7-5-4-6-11(12)15(16,17)18/h4-7,9-10,14,20-21H,8H2,1-3H3,(H,19,23). The van der Waals surface area contributed by atoms with Gasteiger partial charge in [-0.2, -0.15) is 17.5 Å². The van der Waals surface area contributed by atoms with E-state index in [0.717, 1.165) is 16.4 Å². The number of hydrogen-bond acceptors (Lipinski definition) is 5. The Morgan fingerprint density at radius 2 is 1.73 bits per heavy atom. The van der Waals surface area contributed by atoms with Gasteiger partial charge >= 0.3 is 6.18 Å². The number of nitrogens with one attached hydrogen (secondary N) is 3. The Morgan fingerprint density at radius 1 is 1.19 bits per heavy atom. The summed E-state index contributed by atoms with van der Waals surface area (Å²) in [5, 5.41) is 1.33. The molecule has 2 atom stereocenters. The van der Waals surface area contributed by atoms with Crippen molar-refractivity contribution in [2.75, 3.05) is 18.9 Å². The van der Waals surface area contributed by atoms with Crippen molar-refractivity contribution >= 4 is 21.6 Å². The number of likely N-dealkylation sites (N-methyl/N-ethyl adjacent to an activating group) is 1.